The van der Waals surface area contributed by atoms with E-state index in [1.165, 1.54) is 4.40 Å². The molecule has 0 N–H and O–H groups in total. The van der Waals surface area contributed by atoms with Gasteiger partial charge in [-0.15, -0.1) is 0 Å². The topological polar surface area (TPSA) is 72.9 Å². The molecular weight excluding hydrogens is 260 g/mol. The molecule has 0 amide bonds. The summed E-state index contributed by atoms with van der Waals surface area (Å²) in [5, 5.41) is 11.4. The van der Waals surface area contributed by atoms with Gasteiger partial charge in [-0.05, 0) is 17.4 Å². The van der Waals surface area contributed by atoms with E-state index in [1.807, 2.05) is 17.9 Å². The molecule has 0 saturated carbocycles. The smallest absolute Gasteiger partial charge is 0.372 e. The van der Waals surface area contributed by atoms with Gasteiger partial charge in [0.2, 0.25) is 11.5 Å². The summed E-state index contributed by atoms with van der Waals surface area (Å²) < 4.78 is 6.98. The van der Waals surface area contributed by atoms with Crippen molar-refractivity contribution < 1.29 is 9.66 Å². The molecule has 2 aromatic heterocycles. The van der Waals surface area contributed by atoms with Crippen molar-refractivity contribution in [3.8, 4) is 0 Å². The first-order valence-corrected chi connectivity index (χ1v) is 6.68. The molecule has 1 aliphatic rings. The fourth-order valence-corrected chi connectivity index (χ4v) is 2.60. The molecule has 1 unspecified atom stereocenters. The zero-order chi connectivity index (χ0) is 14.1. The third-order valence-corrected chi connectivity index (χ3v) is 3.63. The second kappa shape index (κ2) is 5.09. The lowest BCUT2D eigenvalue weighted by atomic mass is 10.2. The summed E-state index contributed by atoms with van der Waals surface area (Å²) in [4.78, 5) is 17.5. The lowest BCUT2D eigenvalue weighted by molar-refractivity contribution is -0.389. The summed E-state index contributed by atoms with van der Waals surface area (Å²) in [6, 6.07) is 5.50. The molecule has 0 radical (unpaired) electrons. The number of morpholine rings is 1. The van der Waals surface area contributed by atoms with Gasteiger partial charge in [0.1, 0.15) is 0 Å². The van der Waals surface area contributed by atoms with Crippen LogP contribution < -0.4 is 4.90 Å². The monoisotopic (exact) mass is 276 g/mol. The summed E-state index contributed by atoms with van der Waals surface area (Å²) in [6.45, 7) is 3.83. The Morgan fingerprint density at radius 1 is 1.55 bits per heavy atom. The maximum Gasteiger partial charge on any atom is 0.372 e. The van der Waals surface area contributed by atoms with Crippen LogP contribution in [0, 0.1) is 10.1 Å². The Bertz CT molecular complexity index is 640. The number of ether oxygens (including phenoxy) is 1. The van der Waals surface area contributed by atoms with Gasteiger partial charge in [-0.1, -0.05) is 13.0 Å². The average Bonchev–Trinajstić information content (AvgIpc) is 2.86. The molecule has 3 heterocycles. The largest absolute Gasteiger partial charge is 0.377 e. The molecule has 0 bridgehead atoms. The van der Waals surface area contributed by atoms with E-state index >= 15 is 0 Å². The molecule has 1 fully saturated rings. The van der Waals surface area contributed by atoms with E-state index in [4.69, 9.17) is 4.74 Å². The third kappa shape index (κ3) is 2.00. The van der Waals surface area contributed by atoms with Crippen molar-refractivity contribution in [2.45, 2.75) is 19.4 Å². The number of nitro groups is 1. The lowest BCUT2D eigenvalue weighted by Crippen LogP contribution is -2.45. The van der Waals surface area contributed by atoms with Crippen LogP contribution >= 0.6 is 0 Å². The Labute approximate surface area is 115 Å². The highest BCUT2D eigenvalue weighted by atomic mass is 16.6. The number of hydrogen-bond donors (Lipinski definition) is 0. The number of fused-ring (bicyclic) bond motifs is 1. The quantitative estimate of drug-likeness (QED) is 0.632. The first-order chi connectivity index (χ1) is 9.72. The van der Waals surface area contributed by atoms with Gasteiger partial charge in [-0.3, -0.25) is 0 Å². The van der Waals surface area contributed by atoms with Gasteiger partial charge in [0, 0.05) is 12.6 Å². The minimum atomic E-state index is -0.364. The van der Waals surface area contributed by atoms with Gasteiger partial charge in [-0.2, -0.15) is 9.38 Å². The molecule has 1 atom stereocenters. The zero-order valence-electron chi connectivity index (χ0n) is 11.2. The number of nitrogens with zero attached hydrogens (tertiary/aromatic N) is 4. The van der Waals surface area contributed by atoms with Crippen molar-refractivity contribution in [3.05, 3.63) is 34.5 Å². The van der Waals surface area contributed by atoms with Crippen molar-refractivity contribution in [2.24, 2.45) is 0 Å². The number of hydrogen-bond acceptors (Lipinski definition) is 5. The molecule has 0 spiro atoms. The standard InChI is InChI=1S/C13H16N4O3/c1-2-10-9-20-8-7-15(10)12-13(17(18)19)16-6-4-3-5-11(16)14-12/h3-6,10H,2,7-9H2,1H3. The first-order valence-electron chi connectivity index (χ1n) is 6.68. The van der Waals surface area contributed by atoms with Gasteiger partial charge in [0.15, 0.2) is 0 Å². The van der Waals surface area contributed by atoms with Crippen LogP contribution in [0.2, 0.25) is 0 Å². The summed E-state index contributed by atoms with van der Waals surface area (Å²) in [6.07, 6.45) is 2.54. The molecule has 3 rings (SSSR count). The van der Waals surface area contributed by atoms with Crippen LogP contribution in [-0.2, 0) is 4.74 Å². The van der Waals surface area contributed by atoms with Crippen LogP contribution in [0.25, 0.3) is 5.65 Å². The van der Waals surface area contributed by atoms with Gasteiger partial charge in [0.05, 0.1) is 25.5 Å². The van der Waals surface area contributed by atoms with Crippen molar-refractivity contribution in [1.82, 2.24) is 9.38 Å². The Morgan fingerprint density at radius 3 is 3.15 bits per heavy atom. The van der Waals surface area contributed by atoms with Crippen molar-refractivity contribution in [2.75, 3.05) is 24.7 Å². The van der Waals surface area contributed by atoms with Crippen LogP contribution in [0.5, 0.6) is 0 Å². The Balaban J connectivity index is 2.14. The maximum absolute atomic E-state index is 11.4. The normalized spacial score (nSPS) is 19.4. The van der Waals surface area contributed by atoms with E-state index in [9.17, 15) is 10.1 Å². The Morgan fingerprint density at radius 2 is 2.40 bits per heavy atom. The van der Waals surface area contributed by atoms with E-state index in [-0.39, 0.29) is 16.8 Å². The minimum Gasteiger partial charge on any atom is -0.377 e. The van der Waals surface area contributed by atoms with Gasteiger partial charge in [-0.25, -0.2) is 0 Å². The number of imidazole rings is 1. The molecule has 106 valence electrons. The summed E-state index contributed by atoms with van der Waals surface area (Å²) >= 11 is 0. The fraction of sp³-hybridized carbons (Fsp3) is 0.462. The van der Waals surface area contributed by atoms with Crippen LogP contribution in [-0.4, -0.2) is 40.1 Å². The molecule has 1 aliphatic heterocycles. The molecule has 20 heavy (non-hydrogen) atoms. The van der Waals surface area contributed by atoms with Crippen LogP contribution in [0.15, 0.2) is 24.4 Å². The highest BCUT2D eigenvalue weighted by Gasteiger charge is 2.32. The maximum atomic E-state index is 11.4. The SMILES string of the molecule is CCC1COCCN1c1nc2ccccn2c1[N+](=O)[O-]. The van der Waals surface area contributed by atoms with E-state index in [0.29, 0.717) is 31.2 Å². The minimum absolute atomic E-state index is 0.0287. The van der Waals surface area contributed by atoms with Gasteiger partial charge in [0.25, 0.3) is 0 Å². The Hall–Kier alpha value is -2.15. The van der Waals surface area contributed by atoms with E-state index in [1.54, 1.807) is 18.3 Å². The van der Waals surface area contributed by atoms with Crippen molar-refractivity contribution in [1.29, 1.82) is 0 Å². The van der Waals surface area contributed by atoms with Gasteiger partial charge < -0.3 is 19.8 Å². The van der Waals surface area contributed by atoms with Crippen molar-refractivity contribution in [3.63, 3.8) is 0 Å². The van der Waals surface area contributed by atoms with Crippen LogP contribution in [0.3, 0.4) is 0 Å². The number of rotatable bonds is 3. The molecule has 2 aromatic rings. The predicted octanol–water partition coefficient (Wildman–Crippen LogP) is 1.86. The summed E-state index contributed by atoms with van der Waals surface area (Å²) in [5.41, 5.74) is 0.593. The molecule has 1 saturated heterocycles. The second-order valence-electron chi connectivity index (χ2n) is 4.78. The summed E-state index contributed by atoms with van der Waals surface area (Å²) in [5.74, 6) is 0.470. The number of anilines is 1. The zero-order valence-corrected chi connectivity index (χ0v) is 11.2. The highest BCUT2D eigenvalue weighted by Crippen LogP contribution is 2.31. The first kappa shape index (κ1) is 12.9. The molecule has 0 aliphatic carbocycles. The fourth-order valence-electron chi connectivity index (χ4n) is 2.60. The van der Waals surface area contributed by atoms with E-state index in [2.05, 4.69) is 4.98 Å². The second-order valence-corrected chi connectivity index (χ2v) is 4.78. The Kier molecular flexibility index (Phi) is 3.27. The predicted molar refractivity (Wildman–Crippen MR) is 74.1 cm³/mol. The number of pyridine rings is 1. The highest BCUT2D eigenvalue weighted by molar-refractivity contribution is 5.64. The lowest BCUT2D eigenvalue weighted by Gasteiger charge is -2.34. The summed E-state index contributed by atoms with van der Waals surface area (Å²) in [7, 11) is 0. The average molecular weight is 276 g/mol. The molecule has 0 aromatic carbocycles. The molecular formula is C13H16N4O3. The number of aromatic nitrogens is 2. The third-order valence-electron chi connectivity index (χ3n) is 3.63. The molecule has 7 heteroatoms. The molecule has 7 nitrogen and oxygen atoms in total. The van der Waals surface area contributed by atoms with Crippen LogP contribution in [0.4, 0.5) is 11.6 Å². The van der Waals surface area contributed by atoms with Crippen molar-refractivity contribution >= 4 is 17.3 Å². The van der Waals surface area contributed by atoms with E-state index < -0.39 is 0 Å². The van der Waals surface area contributed by atoms with Gasteiger partial charge >= 0.3 is 5.82 Å². The van der Waals surface area contributed by atoms with Crippen LogP contribution in [0.1, 0.15) is 13.3 Å². The van der Waals surface area contributed by atoms with E-state index in [0.717, 1.165) is 6.42 Å².